The van der Waals surface area contributed by atoms with Crippen molar-refractivity contribution in [3.63, 3.8) is 0 Å². The molecule has 6 heteroatoms. The Morgan fingerprint density at radius 3 is 2.45 bits per heavy atom. The second-order valence-electron chi connectivity index (χ2n) is 6.49. The minimum atomic E-state index is -3.01. The van der Waals surface area contributed by atoms with E-state index in [2.05, 4.69) is 10.2 Å². The van der Waals surface area contributed by atoms with Crippen molar-refractivity contribution in [2.45, 2.75) is 38.1 Å². The van der Waals surface area contributed by atoms with Crippen molar-refractivity contribution in [2.24, 2.45) is 5.92 Å². The lowest BCUT2D eigenvalue weighted by Crippen LogP contribution is -2.49. The summed E-state index contributed by atoms with van der Waals surface area (Å²) in [6.45, 7) is 5.62. The first-order chi connectivity index (χ1) is 9.65. The summed E-state index contributed by atoms with van der Waals surface area (Å²) >= 11 is 0. The molecule has 3 fully saturated rings. The van der Waals surface area contributed by atoms with Gasteiger partial charge in [-0.2, -0.15) is 0 Å². The van der Waals surface area contributed by atoms with Crippen LogP contribution < -0.4 is 5.32 Å². The second kappa shape index (κ2) is 6.30. The standard InChI is InChI=1S/C14H27N3O2S/c18-20(19,11-5-13-2-1-3-13)17-8-4-14(12-17)16-9-6-15-7-10-16/h13-15H,1-12H2. The fourth-order valence-corrected chi connectivity index (χ4v) is 5.21. The lowest BCUT2D eigenvalue weighted by molar-refractivity contribution is 0.179. The molecule has 1 N–H and O–H groups in total. The van der Waals surface area contributed by atoms with Crippen LogP contribution >= 0.6 is 0 Å². The van der Waals surface area contributed by atoms with E-state index in [4.69, 9.17) is 0 Å². The van der Waals surface area contributed by atoms with Gasteiger partial charge in [-0.1, -0.05) is 19.3 Å². The highest BCUT2D eigenvalue weighted by atomic mass is 32.2. The second-order valence-corrected chi connectivity index (χ2v) is 8.58. The van der Waals surface area contributed by atoms with Crippen LogP contribution in [0.15, 0.2) is 0 Å². The maximum absolute atomic E-state index is 12.4. The molecule has 5 nitrogen and oxygen atoms in total. The van der Waals surface area contributed by atoms with E-state index in [0.29, 0.717) is 24.3 Å². The Bertz CT molecular complexity index is 416. The summed E-state index contributed by atoms with van der Waals surface area (Å²) in [4.78, 5) is 2.46. The Labute approximate surface area is 122 Å². The molecule has 1 unspecified atom stereocenters. The lowest BCUT2D eigenvalue weighted by atomic mass is 9.84. The molecule has 0 spiro atoms. The summed E-state index contributed by atoms with van der Waals surface area (Å²) in [6, 6.07) is 0.440. The number of piperazine rings is 1. The molecule has 3 aliphatic rings. The minimum absolute atomic E-state index is 0.367. The molecule has 0 aromatic heterocycles. The highest BCUT2D eigenvalue weighted by Crippen LogP contribution is 2.30. The zero-order valence-corrected chi connectivity index (χ0v) is 13.1. The zero-order valence-electron chi connectivity index (χ0n) is 12.3. The molecule has 0 aromatic rings. The van der Waals surface area contributed by atoms with Crippen LogP contribution in [-0.4, -0.2) is 68.7 Å². The molecule has 0 radical (unpaired) electrons. The van der Waals surface area contributed by atoms with Gasteiger partial charge in [0.15, 0.2) is 0 Å². The summed E-state index contributed by atoms with van der Waals surface area (Å²) in [5.41, 5.74) is 0. The molecule has 0 amide bonds. The largest absolute Gasteiger partial charge is 0.314 e. The van der Waals surface area contributed by atoms with Crippen LogP contribution in [0.2, 0.25) is 0 Å². The van der Waals surface area contributed by atoms with E-state index in [9.17, 15) is 8.42 Å². The molecule has 1 aliphatic carbocycles. The highest BCUT2D eigenvalue weighted by Gasteiger charge is 2.35. The third-order valence-corrected chi connectivity index (χ3v) is 7.07. The van der Waals surface area contributed by atoms with Crippen molar-refractivity contribution in [1.82, 2.24) is 14.5 Å². The Hall–Kier alpha value is -0.170. The molecule has 2 saturated heterocycles. The Morgan fingerprint density at radius 1 is 1.05 bits per heavy atom. The van der Waals surface area contributed by atoms with E-state index >= 15 is 0 Å². The molecule has 0 aromatic carbocycles. The Balaban J connectivity index is 1.49. The Morgan fingerprint density at radius 2 is 1.80 bits per heavy atom. The van der Waals surface area contributed by atoms with Crippen molar-refractivity contribution in [2.75, 3.05) is 45.0 Å². The van der Waals surface area contributed by atoms with E-state index in [1.807, 2.05) is 0 Å². The SMILES string of the molecule is O=S(=O)(CCC1CCC1)N1CCC(N2CCNCC2)C1. The van der Waals surface area contributed by atoms with Crippen LogP contribution in [0.3, 0.4) is 0 Å². The van der Waals surface area contributed by atoms with Gasteiger partial charge in [0.05, 0.1) is 5.75 Å². The average Bonchev–Trinajstić information content (AvgIpc) is 2.88. The van der Waals surface area contributed by atoms with Gasteiger partial charge < -0.3 is 5.32 Å². The number of nitrogens with one attached hydrogen (secondary N) is 1. The first-order valence-corrected chi connectivity index (χ1v) is 9.69. The molecule has 116 valence electrons. The van der Waals surface area contributed by atoms with Crippen molar-refractivity contribution >= 4 is 10.0 Å². The molecular formula is C14H27N3O2S. The van der Waals surface area contributed by atoms with Gasteiger partial charge in [-0.05, 0) is 18.8 Å². The van der Waals surface area contributed by atoms with E-state index in [1.165, 1.54) is 19.3 Å². The molecule has 20 heavy (non-hydrogen) atoms. The summed E-state index contributed by atoms with van der Waals surface area (Å²) in [5, 5.41) is 3.35. The van der Waals surface area contributed by atoms with Crippen LogP contribution in [0.4, 0.5) is 0 Å². The number of hydrogen-bond donors (Lipinski definition) is 1. The van der Waals surface area contributed by atoms with Gasteiger partial charge >= 0.3 is 0 Å². The van der Waals surface area contributed by atoms with E-state index in [1.54, 1.807) is 4.31 Å². The molecule has 0 bridgehead atoms. The third kappa shape index (κ3) is 3.35. The monoisotopic (exact) mass is 301 g/mol. The van der Waals surface area contributed by atoms with Gasteiger partial charge in [0.25, 0.3) is 0 Å². The first-order valence-electron chi connectivity index (χ1n) is 8.08. The highest BCUT2D eigenvalue weighted by molar-refractivity contribution is 7.89. The fraction of sp³-hybridized carbons (Fsp3) is 1.00. The minimum Gasteiger partial charge on any atom is -0.314 e. The van der Waals surface area contributed by atoms with Gasteiger partial charge in [-0.3, -0.25) is 4.90 Å². The van der Waals surface area contributed by atoms with Crippen molar-refractivity contribution < 1.29 is 8.42 Å². The van der Waals surface area contributed by atoms with Crippen molar-refractivity contribution in [3.8, 4) is 0 Å². The Kier molecular flexibility index (Phi) is 4.65. The van der Waals surface area contributed by atoms with Crippen LogP contribution in [-0.2, 0) is 10.0 Å². The van der Waals surface area contributed by atoms with E-state index < -0.39 is 10.0 Å². The summed E-state index contributed by atoms with van der Waals surface area (Å²) in [5.74, 6) is 1.04. The predicted molar refractivity (Wildman–Crippen MR) is 80.2 cm³/mol. The topological polar surface area (TPSA) is 52.7 Å². The summed E-state index contributed by atoms with van der Waals surface area (Å²) < 4.78 is 26.5. The molecular weight excluding hydrogens is 274 g/mol. The zero-order chi connectivity index (χ0) is 14.0. The van der Waals surface area contributed by atoms with Crippen LogP contribution in [0.25, 0.3) is 0 Å². The van der Waals surface area contributed by atoms with Gasteiger partial charge in [0.1, 0.15) is 0 Å². The smallest absolute Gasteiger partial charge is 0.214 e. The number of nitrogens with zero attached hydrogens (tertiary/aromatic N) is 2. The lowest BCUT2D eigenvalue weighted by Gasteiger charge is -2.32. The predicted octanol–water partition coefficient (Wildman–Crippen LogP) is 0.486. The number of sulfonamides is 1. The number of rotatable bonds is 5. The molecule has 1 atom stereocenters. The maximum Gasteiger partial charge on any atom is 0.214 e. The van der Waals surface area contributed by atoms with E-state index in [0.717, 1.165) is 45.6 Å². The molecule has 1 saturated carbocycles. The van der Waals surface area contributed by atoms with Gasteiger partial charge in [0.2, 0.25) is 10.0 Å². The fourth-order valence-electron chi connectivity index (χ4n) is 3.53. The van der Waals surface area contributed by atoms with Gasteiger partial charge in [0, 0.05) is 45.3 Å². The maximum atomic E-state index is 12.4. The molecule has 2 aliphatic heterocycles. The third-order valence-electron chi connectivity index (χ3n) is 5.20. The van der Waals surface area contributed by atoms with Crippen LogP contribution in [0.5, 0.6) is 0 Å². The van der Waals surface area contributed by atoms with Gasteiger partial charge in [-0.25, -0.2) is 12.7 Å². The van der Waals surface area contributed by atoms with E-state index in [-0.39, 0.29) is 0 Å². The molecule has 3 rings (SSSR count). The average molecular weight is 301 g/mol. The summed E-state index contributed by atoms with van der Waals surface area (Å²) in [6.07, 6.45) is 5.64. The van der Waals surface area contributed by atoms with Crippen LogP contribution in [0, 0.1) is 5.92 Å². The molecule has 2 heterocycles. The quantitative estimate of drug-likeness (QED) is 0.803. The van der Waals surface area contributed by atoms with Crippen molar-refractivity contribution in [1.29, 1.82) is 0 Å². The van der Waals surface area contributed by atoms with Crippen molar-refractivity contribution in [3.05, 3.63) is 0 Å². The normalized spacial score (nSPS) is 30.5. The van der Waals surface area contributed by atoms with Crippen LogP contribution in [0.1, 0.15) is 32.1 Å². The number of hydrogen-bond acceptors (Lipinski definition) is 4. The first kappa shape index (κ1) is 14.8. The van der Waals surface area contributed by atoms with Gasteiger partial charge in [-0.15, -0.1) is 0 Å². The summed E-state index contributed by atoms with van der Waals surface area (Å²) in [7, 11) is -3.01.